The Labute approximate surface area is 94.7 Å². The predicted octanol–water partition coefficient (Wildman–Crippen LogP) is 1.19. The number of aromatic nitrogens is 3. The first kappa shape index (κ1) is 9.78. The van der Waals surface area contributed by atoms with Gasteiger partial charge in [-0.2, -0.15) is 5.10 Å². The molecule has 0 spiro atoms. The number of hydrogen-bond donors (Lipinski definition) is 1. The van der Waals surface area contributed by atoms with Crippen LogP contribution in [0.4, 0.5) is 0 Å². The van der Waals surface area contributed by atoms with Gasteiger partial charge in [0.1, 0.15) is 0 Å². The lowest BCUT2D eigenvalue weighted by molar-refractivity contribution is 0.561. The van der Waals surface area contributed by atoms with Crippen molar-refractivity contribution >= 4 is 5.65 Å². The quantitative estimate of drug-likeness (QED) is 0.820. The topological polar surface area (TPSA) is 42.2 Å². The number of rotatable bonds is 2. The van der Waals surface area contributed by atoms with Gasteiger partial charge in [0.2, 0.25) is 0 Å². The molecular formula is C12H16N4. The van der Waals surface area contributed by atoms with E-state index in [9.17, 15) is 0 Å². The molecule has 1 fully saturated rings. The molecule has 2 aromatic rings. The van der Waals surface area contributed by atoms with E-state index < -0.39 is 0 Å². The average Bonchev–Trinajstić information content (AvgIpc) is 2.86. The number of hydrogen-bond acceptors (Lipinski definition) is 3. The molecule has 3 rings (SSSR count). The first-order valence-electron chi connectivity index (χ1n) is 5.84. The second-order valence-electron chi connectivity index (χ2n) is 4.60. The highest BCUT2D eigenvalue weighted by atomic mass is 15.3. The van der Waals surface area contributed by atoms with Gasteiger partial charge in [-0.05, 0) is 44.0 Å². The summed E-state index contributed by atoms with van der Waals surface area (Å²) in [5, 5.41) is 7.89. The molecule has 1 aliphatic heterocycles. The number of nitrogens with zero attached hydrogens (tertiary/aromatic N) is 3. The monoisotopic (exact) mass is 216 g/mol. The van der Waals surface area contributed by atoms with Crippen LogP contribution in [0.2, 0.25) is 0 Å². The van der Waals surface area contributed by atoms with E-state index in [1.807, 2.05) is 16.8 Å². The zero-order chi connectivity index (χ0) is 11.0. The van der Waals surface area contributed by atoms with Crippen molar-refractivity contribution in [3.63, 3.8) is 0 Å². The van der Waals surface area contributed by atoms with Gasteiger partial charge >= 0.3 is 0 Å². The van der Waals surface area contributed by atoms with E-state index >= 15 is 0 Å². The molecule has 1 N–H and O–H groups in total. The van der Waals surface area contributed by atoms with Crippen LogP contribution in [0.1, 0.15) is 17.8 Å². The van der Waals surface area contributed by atoms with Gasteiger partial charge in [0, 0.05) is 12.6 Å². The summed E-state index contributed by atoms with van der Waals surface area (Å²) in [6.45, 7) is 4.31. The van der Waals surface area contributed by atoms with E-state index in [4.69, 9.17) is 0 Å². The Morgan fingerprint density at radius 2 is 2.44 bits per heavy atom. The summed E-state index contributed by atoms with van der Waals surface area (Å²) in [5.74, 6) is 1.68. The Kier molecular flexibility index (Phi) is 2.36. The Morgan fingerprint density at radius 1 is 1.50 bits per heavy atom. The Balaban J connectivity index is 1.86. The molecule has 0 saturated carbocycles. The van der Waals surface area contributed by atoms with E-state index in [2.05, 4.69) is 28.4 Å². The second-order valence-corrected chi connectivity index (χ2v) is 4.60. The van der Waals surface area contributed by atoms with Gasteiger partial charge in [-0.15, -0.1) is 0 Å². The summed E-state index contributed by atoms with van der Waals surface area (Å²) in [7, 11) is 0. The number of nitrogens with one attached hydrogen (secondary N) is 1. The van der Waals surface area contributed by atoms with Crippen LogP contribution >= 0.6 is 0 Å². The molecule has 0 amide bonds. The highest BCUT2D eigenvalue weighted by molar-refractivity contribution is 5.38. The Morgan fingerprint density at radius 3 is 3.25 bits per heavy atom. The molecule has 1 unspecified atom stereocenters. The third kappa shape index (κ3) is 1.80. The summed E-state index contributed by atoms with van der Waals surface area (Å²) >= 11 is 0. The van der Waals surface area contributed by atoms with Gasteiger partial charge in [0.25, 0.3) is 0 Å². The van der Waals surface area contributed by atoms with Crippen LogP contribution in [0.5, 0.6) is 0 Å². The van der Waals surface area contributed by atoms with E-state index in [0.717, 1.165) is 31.0 Å². The van der Waals surface area contributed by atoms with Gasteiger partial charge in [-0.3, -0.25) is 0 Å². The highest BCUT2D eigenvalue weighted by Gasteiger charge is 2.17. The maximum Gasteiger partial charge on any atom is 0.155 e. The third-order valence-corrected chi connectivity index (χ3v) is 3.16. The molecule has 4 heteroatoms. The number of fused-ring (bicyclic) bond motifs is 1. The zero-order valence-corrected chi connectivity index (χ0v) is 9.48. The average molecular weight is 216 g/mol. The Hall–Kier alpha value is -1.42. The second kappa shape index (κ2) is 3.87. The van der Waals surface area contributed by atoms with Crippen LogP contribution in [0.25, 0.3) is 5.65 Å². The molecule has 2 aromatic heterocycles. The molecule has 0 aromatic carbocycles. The first-order chi connectivity index (χ1) is 7.81. The third-order valence-electron chi connectivity index (χ3n) is 3.16. The smallest absolute Gasteiger partial charge is 0.155 e. The van der Waals surface area contributed by atoms with Crippen molar-refractivity contribution in [2.45, 2.75) is 19.8 Å². The summed E-state index contributed by atoms with van der Waals surface area (Å²) in [4.78, 5) is 4.54. The van der Waals surface area contributed by atoms with E-state index in [0.29, 0.717) is 5.92 Å². The molecule has 0 radical (unpaired) electrons. The minimum Gasteiger partial charge on any atom is -0.316 e. The molecule has 4 nitrogen and oxygen atoms in total. The van der Waals surface area contributed by atoms with E-state index in [1.165, 1.54) is 12.0 Å². The Bertz CT molecular complexity index is 497. The lowest BCUT2D eigenvalue weighted by Crippen LogP contribution is -2.11. The minimum absolute atomic E-state index is 0.707. The normalized spacial score (nSPS) is 20.7. The molecule has 16 heavy (non-hydrogen) atoms. The van der Waals surface area contributed by atoms with Crippen LogP contribution in [-0.4, -0.2) is 27.7 Å². The van der Waals surface area contributed by atoms with Crippen molar-refractivity contribution in [1.82, 2.24) is 19.9 Å². The van der Waals surface area contributed by atoms with Crippen LogP contribution < -0.4 is 5.32 Å². The molecule has 0 bridgehead atoms. The van der Waals surface area contributed by atoms with Crippen LogP contribution in [0.3, 0.4) is 0 Å². The van der Waals surface area contributed by atoms with Gasteiger partial charge in [0.15, 0.2) is 11.5 Å². The predicted molar refractivity (Wildman–Crippen MR) is 62.4 cm³/mol. The van der Waals surface area contributed by atoms with E-state index in [1.54, 1.807) is 0 Å². The van der Waals surface area contributed by atoms with Gasteiger partial charge in [0.05, 0.1) is 0 Å². The zero-order valence-electron chi connectivity index (χ0n) is 9.48. The summed E-state index contributed by atoms with van der Waals surface area (Å²) in [6, 6.07) is 4.10. The fourth-order valence-electron chi connectivity index (χ4n) is 2.27. The molecule has 0 aliphatic carbocycles. The van der Waals surface area contributed by atoms with Crippen LogP contribution in [0, 0.1) is 12.8 Å². The highest BCUT2D eigenvalue weighted by Crippen LogP contribution is 2.13. The minimum atomic E-state index is 0.707. The largest absolute Gasteiger partial charge is 0.316 e. The summed E-state index contributed by atoms with van der Waals surface area (Å²) in [5.41, 5.74) is 2.16. The van der Waals surface area contributed by atoms with Crippen molar-refractivity contribution in [3.05, 3.63) is 29.7 Å². The van der Waals surface area contributed by atoms with Gasteiger partial charge in [-0.25, -0.2) is 9.50 Å². The number of pyridine rings is 1. The van der Waals surface area contributed by atoms with Crippen LogP contribution in [0.15, 0.2) is 18.3 Å². The SMILES string of the molecule is Cc1ccc2nc(CC3CCNC3)nn2c1. The van der Waals surface area contributed by atoms with Crippen LogP contribution in [-0.2, 0) is 6.42 Å². The lowest BCUT2D eigenvalue weighted by Gasteiger charge is -2.02. The standard InChI is InChI=1S/C12H16N4/c1-9-2-3-12-14-11(15-16(12)8-9)6-10-4-5-13-7-10/h2-3,8,10,13H,4-7H2,1H3. The van der Waals surface area contributed by atoms with Crippen molar-refractivity contribution in [1.29, 1.82) is 0 Å². The maximum absolute atomic E-state index is 4.54. The van der Waals surface area contributed by atoms with Crippen molar-refractivity contribution in [2.75, 3.05) is 13.1 Å². The van der Waals surface area contributed by atoms with Crippen molar-refractivity contribution < 1.29 is 0 Å². The fourth-order valence-corrected chi connectivity index (χ4v) is 2.27. The molecule has 3 heterocycles. The van der Waals surface area contributed by atoms with Gasteiger partial charge in [-0.1, -0.05) is 6.07 Å². The fraction of sp³-hybridized carbons (Fsp3) is 0.500. The molecule has 84 valence electrons. The van der Waals surface area contributed by atoms with Crippen molar-refractivity contribution in [2.24, 2.45) is 5.92 Å². The first-order valence-corrected chi connectivity index (χ1v) is 5.84. The maximum atomic E-state index is 4.54. The molecule has 1 aliphatic rings. The molecule has 1 atom stereocenters. The van der Waals surface area contributed by atoms with Crippen molar-refractivity contribution in [3.8, 4) is 0 Å². The van der Waals surface area contributed by atoms with E-state index in [-0.39, 0.29) is 0 Å². The summed E-state index contributed by atoms with van der Waals surface area (Å²) in [6.07, 6.45) is 4.26. The summed E-state index contributed by atoms with van der Waals surface area (Å²) < 4.78 is 1.88. The number of aryl methyl sites for hydroxylation is 1. The van der Waals surface area contributed by atoms with Gasteiger partial charge < -0.3 is 5.32 Å². The lowest BCUT2D eigenvalue weighted by atomic mass is 10.1. The molecule has 1 saturated heterocycles. The molecular weight excluding hydrogens is 200 g/mol.